The smallest absolute Gasteiger partial charge is 0.261 e. The number of benzene rings is 3. The van der Waals surface area contributed by atoms with Crippen molar-refractivity contribution in [3.63, 3.8) is 0 Å². The number of hydrogen-bond donors (Lipinski definition) is 1. The minimum atomic E-state index is -3.83. The fourth-order valence-corrected chi connectivity index (χ4v) is 5.87. The molecule has 0 radical (unpaired) electrons. The van der Waals surface area contributed by atoms with Crippen LogP contribution in [-0.2, 0) is 20.0 Å². The minimum Gasteiger partial charge on any atom is -0.457 e. The van der Waals surface area contributed by atoms with Gasteiger partial charge >= 0.3 is 0 Å². The molecule has 0 unspecified atom stereocenters. The predicted octanol–water partition coefficient (Wildman–Crippen LogP) is 4.06. The molecule has 3 aromatic carbocycles. The molecule has 0 amide bonds. The van der Waals surface area contributed by atoms with Crippen LogP contribution in [0.25, 0.3) is 0 Å². The van der Waals surface area contributed by atoms with Crippen LogP contribution in [0.2, 0.25) is 0 Å². The first-order valence-corrected chi connectivity index (χ1v) is 12.7. The lowest BCUT2D eigenvalue weighted by atomic mass is 10.3. The summed E-state index contributed by atoms with van der Waals surface area (Å²) in [5.74, 6) is 1.17. The molecule has 0 aliphatic carbocycles. The van der Waals surface area contributed by atoms with Gasteiger partial charge in [0.25, 0.3) is 10.0 Å². The van der Waals surface area contributed by atoms with Gasteiger partial charge in [-0.2, -0.15) is 4.31 Å². The summed E-state index contributed by atoms with van der Waals surface area (Å²) >= 11 is 0. The van der Waals surface area contributed by atoms with E-state index in [2.05, 4.69) is 4.72 Å². The van der Waals surface area contributed by atoms with Crippen molar-refractivity contribution in [2.45, 2.75) is 22.6 Å². The monoisotopic (exact) mass is 458 g/mol. The SMILES string of the molecule is O=S(=O)(Nc1ccc(S(=O)(=O)N2CCCC2)cc1)c1ccc(Oc2ccccc2)cc1. The molecule has 9 heteroatoms. The van der Waals surface area contributed by atoms with Crippen molar-refractivity contribution in [2.75, 3.05) is 17.8 Å². The van der Waals surface area contributed by atoms with Crippen LogP contribution in [0.1, 0.15) is 12.8 Å². The van der Waals surface area contributed by atoms with E-state index in [1.54, 1.807) is 24.3 Å². The summed E-state index contributed by atoms with van der Waals surface area (Å²) in [6.07, 6.45) is 1.71. The Morgan fingerprint density at radius 2 is 1.23 bits per heavy atom. The van der Waals surface area contributed by atoms with E-state index in [9.17, 15) is 16.8 Å². The summed E-state index contributed by atoms with van der Waals surface area (Å²) in [4.78, 5) is 0.224. The Morgan fingerprint density at radius 3 is 1.84 bits per heavy atom. The van der Waals surface area contributed by atoms with E-state index in [0.717, 1.165) is 12.8 Å². The van der Waals surface area contributed by atoms with Crippen LogP contribution in [0.15, 0.2) is 88.7 Å². The van der Waals surface area contributed by atoms with Crippen LogP contribution < -0.4 is 9.46 Å². The zero-order valence-corrected chi connectivity index (χ0v) is 18.3. The Bertz CT molecular complexity index is 1240. The van der Waals surface area contributed by atoms with Crippen molar-refractivity contribution >= 4 is 25.7 Å². The van der Waals surface area contributed by atoms with E-state index < -0.39 is 20.0 Å². The Hall–Kier alpha value is -2.88. The van der Waals surface area contributed by atoms with Crippen LogP contribution in [0.4, 0.5) is 5.69 Å². The van der Waals surface area contributed by atoms with E-state index >= 15 is 0 Å². The minimum absolute atomic E-state index is 0.0710. The second-order valence-corrected chi connectivity index (χ2v) is 10.7. The summed E-state index contributed by atoms with van der Waals surface area (Å²) in [6.45, 7) is 1.03. The molecular formula is C22H22N2O5S2. The van der Waals surface area contributed by atoms with Crippen LogP contribution in [0.3, 0.4) is 0 Å². The van der Waals surface area contributed by atoms with Gasteiger partial charge in [0.1, 0.15) is 11.5 Å². The fraction of sp³-hybridized carbons (Fsp3) is 0.182. The third kappa shape index (κ3) is 4.90. The molecule has 31 heavy (non-hydrogen) atoms. The van der Waals surface area contributed by atoms with Gasteiger partial charge in [0.2, 0.25) is 10.0 Å². The third-order valence-electron chi connectivity index (χ3n) is 4.92. The number of nitrogens with zero attached hydrogens (tertiary/aromatic N) is 1. The maximum Gasteiger partial charge on any atom is 0.261 e. The van der Waals surface area contributed by atoms with Gasteiger partial charge < -0.3 is 4.74 Å². The summed E-state index contributed by atoms with van der Waals surface area (Å²) < 4.78 is 60.1. The first-order chi connectivity index (χ1) is 14.8. The predicted molar refractivity (Wildman–Crippen MR) is 118 cm³/mol. The maximum absolute atomic E-state index is 12.7. The van der Waals surface area contributed by atoms with Gasteiger partial charge in [-0.05, 0) is 73.5 Å². The van der Waals surface area contributed by atoms with Crippen LogP contribution in [0.5, 0.6) is 11.5 Å². The molecule has 0 spiro atoms. The maximum atomic E-state index is 12.7. The standard InChI is InChI=1S/C22H22N2O5S2/c25-30(26,21-14-10-20(11-15-21)29-19-6-2-1-3-7-19)23-18-8-12-22(13-9-18)31(27,28)24-16-4-5-17-24/h1-3,6-15,23H,4-5,16-17H2. The Morgan fingerprint density at radius 1 is 0.677 bits per heavy atom. The molecule has 1 aliphatic heterocycles. The normalized spacial score (nSPS) is 15.0. The van der Waals surface area contributed by atoms with Crippen molar-refractivity contribution < 1.29 is 21.6 Å². The Labute approximate surface area is 182 Å². The summed E-state index contributed by atoms with van der Waals surface area (Å²) in [6, 6.07) is 21.0. The molecule has 0 aromatic heterocycles. The van der Waals surface area contributed by atoms with Gasteiger partial charge in [0, 0.05) is 18.8 Å². The third-order valence-corrected chi connectivity index (χ3v) is 8.23. The van der Waals surface area contributed by atoms with Gasteiger partial charge in [0.05, 0.1) is 9.79 Å². The molecular weight excluding hydrogens is 436 g/mol. The topological polar surface area (TPSA) is 92.8 Å². The largest absolute Gasteiger partial charge is 0.457 e. The lowest BCUT2D eigenvalue weighted by Crippen LogP contribution is -2.27. The van der Waals surface area contributed by atoms with Gasteiger partial charge in [-0.1, -0.05) is 18.2 Å². The average Bonchev–Trinajstić information content (AvgIpc) is 3.31. The molecule has 1 N–H and O–H groups in total. The van der Waals surface area contributed by atoms with Crippen molar-refractivity contribution in [1.29, 1.82) is 0 Å². The fourth-order valence-electron chi connectivity index (χ4n) is 3.30. The lowest BCUT2D eigenvalue weighted by Gasteiger charge is -2.16. The summed E-state index contributed by atoms with van der Waals surface area (Å²) in [7, 11) is -7.37. The number of ether oxygens (including phenoxy) is 1. The number of para-hydroxylation sites is 1. The molecule has 0 atom stereocenters. The number of anilines is 1. The van der Waals surface area contributed by atoms with E-state index in [1.165, 1.54) is 40.7 Å². The average molecular weight is 459 g/mol. The summed E-state index contributed by atoms with van der Waals surface area (Å²) in [5.41, 5.74) is 0.282. The molecule has 1 aliphatic rings. The second kappa shape index (κ2) is 8.70. The first kappa shape index (κ1) is 21.4. The number of nitrogens with one attached hydrogen (secondary N) is 1. The molecule has 0 saturated carbocycles. The quantitative estimate of drug-likeness (QED) is 0.576. The Kier molecular flexibility index (Phi) is 5.99. The highest BCUT2D eigenvalue weighted by Crippen LogP contribution is 2.25. The molecule has 7 nitrogen and oxygen atoms in total. The molecule has 1 fully saturated rings. The Balaban J connectivity index is 1.46. The first-order valence-electron chi connectivity index (χ1n) is 9.81. The lowest BCUT2D eigenvalue weighted by molar-refractivity contribution is 0.477. The number of rotatable bonds is 7. The van der Waals surface area contributed by atoms with Gasteiger partial charge in [-0.3, -0.25) is 4.72 Å². The van der Waals surface area contributed by atoms with Gasteiger partial charge in [-0.15, -0.1) is 0 Å². The van der Waals surface area contributed by atoms with E-state index in [4.69, 9.17) is 4.74 Å². The number of sulfonamides is 2. The zero-order chi connectivity index (χ0) is 21.9. The van der Waals surface area contributed by atoms with Crippen molar-refractivity contribution in [3.8, 4) is 11.5 Å². The molecule has 1 heterocycles. The highest BCUT2D eigenvalue weighted by molar-refractivity contribution is 7.92. The van der Waals surface area contributed by atoms with Crippen LogP contribution in [0, 0.1) is 0 Å². The number of hydrogen-bond acceptors (Lipinski definition) is 5. The van der Waals surface area contributed by atoms with Crippen molar-refractivity contribution in [1.82, 2.24) is 4.31 Å². The molecule has 1 saturated heterocycles. The molecule has 0 bridgehead atoms. The van der Waals surface area contributed by atoms with E-state index in [0.29, 0.717) is 24.6 Å². The van der Waals surface area contributed by atoms with Crippen LogP contribution in [-0.4, -0.2) is 34.2 Å². The zero-order valence-electron chi connectivity index (χ0n) is 16.6. The summed E-state index contributed by atoms with van der Waals surface area (Å²) in [5, 5.41) is 0. The molecule has 3 aromatic rings. The van der Waals surface area contributed by atoms with Gasteiger partial charge in [0.15, 0.2) is 0 Å². The van der Waals surface area contributed by atoms with Gasteiger partial charge in [-0.25, -0.2) is 16.8 Å². The van der Waals surface area contributed by atoms with E-state index in [-0.39, 0.29) is 15.5 Å². The van der Waals surface area contributed by atoms with Crippen molar-refractivity contribution in [2.24, 2.45) is 0 Å². The molecule has 4 rings (SSSR count). The van der Waals surface area contributed by atoms with Crippen molar-refractivity contribution in [3.05, 3.63) is 78.9 Å². The van der Waals surface area contributed by atoms with E-state index in [1.807, 2.05) is 18.2 Å². The molecule has 162 valence electrons. The second-order valence-electron chi connectivity index (χ2n) is 7.13. The highest BCUT2D eigenvalue weighted by Gasteiger charge is 2.27. The highest BCUT2D eigenvalue weighted by atomic mass is 32.2. The van der Waals surface area contributed by atoms with Crippen LogP contribution >= 0.6 is 0 Å².